The second-order valence-corrected chi connectivity index (χ2v) is 6.49. The molecule has 0 saturated heterocycles. The van der Waals surface area contributed by atoms with Gasteiger partial charge in [0.25, 0.3) is 5.91 Å². The number of amides is 1. The number of nitrogens with two attached hydrogens (primary N) is 1. The van der Waals surface area contributed by atoms with E-state index in [2.05, 4.69) is 0 Å². The molecule has 2 rings (SSSR count). The summed E-state index contributed by atoms with van der Waals surface area (Å²) in [4.78, 5) is 14.6. The van der Waals surface area contributed by atoms with E-state index in [1.807, 2.05) is 44.2 Å². The Labute approximate surface area is 147 Å². The van der Waals surface area contributed by atoms with E-state index >= 15 is 0 Å². The molecular formula is C18H20Cl2N2O. The SMILES string of the molecule is CC(C)N(Cc1ccc(Cl)c(Cl)c1)C(=O)c1ccc(CN)cc1. The van der Waals surface area contributed by atoms with Crippen molar-refractivity contribution >= 4 is 29.1 Å². The summed E-state index contributed by atoms with van der Waals surface area (Å²) >= 11 is 12.0. The van der Waals surface area contributed by atoms with Gasteiger partial charge in [0.05, 0.1) is 10.0 Å². The lowest BCUT2D eigenvalue weighted by Gasteiger charge is -2.27. The predicted octanol–water partition coefficient (Wildman–Crippen LogP) is 4.50. The third-order valence-corrected chi connectivity index (χ3v) is 4.40. The molecule has 0 atom stereocenters. The molecule has 2 aromatic rings. The third-order valence-electron chi connectivity index (χ3n) is 3.66. The van der Waals surface area contributed by atoms with Crippen molar-refractivity contribution in [1.29, 1.82) is 0 Å². The maximum absolute atomic E-state index is 12.8. The first-order valence-electron chi connectivity index (χ1n) is 7.46. The van der Waals surface area contributed by atoms with E-state index in [-0.39, 0.29) is 11.9 Å². The zero-order valence-electron chi connectivity index (χ0n) is 13.2. The lowest BCUT2D eigenvalue weighted by atomic mass is 10.1. The normalized spacial score (nSPS) is 10.9. The smallest absolute Gasteiger partial charge is 0.254 e. The van der Waals surface area contributed by atoms with Crippen molar-refractivity contribution in [1.82, 2.24) is 4.90 Å². The van der Waals surface area contributed by atoms with Crippen LogP contribution in [0.4, 0.5) is 0 Å². The van der Waals surface area contributed by atoms with Crippen LogP contribution in [-0.2, 0) is 13.1 Å². The summed E-state index contributed by atoms with van der Waals surface area (Å²) < 4.78 is 0. The van der Waals surface area contributed by atoms with Gasteiger partial charge < -0.3 is 10.6 Å². The van der Waals surface area contributed by atoms with Crippen molar-refractivity contribution in [2.45, 2.75) is 33.0 Å². The van der Waals surface area contributed by atoms with E-state index in [0.29, 0.717) is 28.7 Å². The van der Waals surface area contributed by atoms with Crippen molar-refractivity contribution < 1.29 is 4.79 Å². The quantitative estimate of drug-likeness (QED) is 0.862. The van der Waals surface area contributed by atoms with Crippen molar-refractivity contribution in [3.8, 4) is 0 Å². The molecule has 0 aliphatic carbocycles. The molecule has 0 spiro atoms. The van der Waals surface area contributed by atoms with E-state index in [4.69, 9.17) is 28.9 Å². The van der Waals surface area contributed by atoms with Crippen LogP contribution in [0.25, 0.3) is 0 Å². The minimum atomic E-state index is -0.0188. The Bertz CT molecular complexity index is 684. The molecule has 0 aliphatic heterocycles. The van der Waals surface area contributed by atoms with Gasteiger partial charge in [-0.1, -0.05) is 41.4 Å². The highest BCUT2D eigenvalue weighted by Gasteiger charge is 2.19. The van der Waals surface area contributed by atoms with E-state index in [1.54, 1.807) is 17.0 Å². The highest BCUT2D eigenvalue weighted by Crippen LogP contribution is 2.24. The molecule has 0 unspecified atom stereocenters. The maximum Gasteiger partial charge on any atom is 0.254 e. The van der Waals surface area contributed by atoms with Gasteiger partial charge in [-0.3, -0.25) is 4.79 Å². The molecule has 2 N–H and O–H groups in total. The van der Waals surface area contributed by atoms with Crippen LogP contribution in [0.1, 0.15) is 35.3 Å². The number of rotatable bonds is 5. The van der Waals surface area contributed by atoms with Gasteiger partial charge >= 0.3 is 0 Å². The summed E-state index contributed by atoms with van der Waals surface area (Å²) in [5.74, 6) is -0.0188. The molecule has 0 bridgehead atoms. The fourth-order valence-electron chi connectivity index (χ4n) is 2.27. The largest absolute Gasteiger partial charge is 0.332 e. The van der Waals surface area contributed by atoms with Gasteiger partial charge in [0.15, 0.2) is 0 Å². The summed E-state index contributed by atoms with van der Waals surface area (Å²) in [6, 6.07) is 12.9. The van der Waals surface area contributed by atoms with Gasteiger partial charge in [0.1, 0.15) is 0 Å². The zero-order valence-corrected chi connectivity index (χ0v) is 14.7. The molecule has 122 valence electrons. The summed E-state index contributed by atoms with van der Waals surface area (Å²) in [6.07, 6.45) is 0. The fraction of sp³-hybridized carbons (Fsp3) is 0.278. The fourth-order valence-corrected chi connectivity index (χ4v) is 2.59. The minimum absolute atomic E-state index is 0.0188. The van der Waals surface area contributed by atoms with Crippen LogP contribution in [0.15, 0.2) is 42.5 Å². The van der Waals surface area contributed by atoms with Crippen LogP contribution in [-0.4, -0.2) is 16.8 Å². The Morgan fingerprint density at radius 1 is 1.04 bits per heavy atom. The van der Waals surface area contributed by atoms with Crippen molar-refractivity contribution in [3.63, 3.8) is 0 Å². The molecule has 0 aliphatic rings. The summed E-state index contributed by atoms with van der Waals surface area (Å²) in [5, 5.41) is 1.00. The zero-order chi connectivity index (χ0) is 17.0. The van der Waals surface area contributed by atoms with E-state index < -0.39 is 0 Å². The van der Waals surface area contributed by atoms with Crippen LogP contribution in [0, 0.1) is 0 Å². The Morgan fingerprint density at radius 2 is 1.65 bits per heavy atom. The topological polar surface area (TPSA) is 46.3 Å². The number of carbonyl (C=O) groups is 1. The second kappa shape index (κ2) is 7.82. The Balaban J connectivity index is 2.22. The molecule has 23 heavy (non-hydrogen) atoms. The Hall–Kier alpha value is -1.55. The first-order chi connectivity index (χ1) is 10.9. The van der Waals surface area contributed by atoms with Gasteiger partial charge in [0, 0.05) is 24.7 Å². The average molecular weight is 351 g/mol. The predicted molar refractivity (Wildman–Crippen MR) is 95.8 cm³/mol. The number of hydrogen-bond acceptors (Lipinski definition) is 2. The Morgan fingerprint density at radius 3 is 2.17 bits per heavy atom. The van der Waals surface area contributed by atoms with Gasteiger partial charge in [-0.25, -0.2) is 0 Å². The summed E-state index contributed by atoms with van der Waals surface area (Å²) in [5.41, 5.74) is 8.19. The van der Waals surface area contributed by atoms with E-state index in [9.17, 15) is 4.79 Å². The first kappa shape index (κ1) is 17.8. The van der Waals surface area contributed by atoms with E-state index in [1.165, 1.54) is 0 Å². The second-order valence-electron chi connectivity index (χ2n) is 5.68. The van der Waals surface area contributed by atoms with E-state index in [0.717, 1.165) is 11.1 Å². The molecule has 0 radical (unpaired) electrons. The van der Waals surface area contributed by atoms with Crippen LogP contribution in [0.3, 0.4) is 0 Å². The van der Waals surface area contributed by atoms with Crippen LogP contribution in [0.2, 0.25) is 10.0 Å². The molecule has 2 aromatic carbocycles. The molecule has 0 aromatic heterocycles. The minimum Gasteiger partial charge on any atom is -0.332 e. The van der Waals surface area contributed by atoms with Crippen LogP contribution in [0.5, 0.6) is 0 Å². The highest BCUT2D eigenvalue weighted by atomic mass is 35.5. The van der Waals surface area contributed by atoms with Crippen LogP contribution >= 0.6 is 23.2 Å². The molecule has 5 heteroatoms. The van der Waals surface area contributed by atoms with Crippen molar-refractivity contribution in [2.24, 2.45) is 5.73 Å². The van der Waals surface area contributed by atoms with Crippen molar-refractivity contribution in [2.75, 3.05) is 0 Å². The first-order valence-corrected chi connectivity index (χ1v) is 8.22. The molecule has 0 heterocycles. The summed E-state index contributed by atoms with van der Waals surface area (Å²) in [7, 11) is 0. The summed E-state index contributed by atoms with van der Waals surface area (Å²) in [6.45, 7) is 4.92. The standard InChI is InChI=1S/C18H20Cl2N2O/c1-12(2)22(11-14-5-8-16(19)17(20)9-14)18(23)15-6-3-13(10-21)4-7-15/h3-9,12H,10-11,21H2,1-2H3. The number of nitrogens with zero attached hydrogens (tertiary/aromatic N) is 1. The van der Waals surface area contributed by atoms with Gasteiger partial charge in [-0.2, -0.15) is 0 Å². The monoisotopic (exact) mass is 350 g/mol. The molecular weight excluding hydrogens is 331 g/mol. The molecule has 0 saturated carbocycles. The molecule has 3 nitrogen and oxygen atoms in total. The third kappa shape index (κ3) is 4.47. The van der Waals surface area contributed by atoms with Crippen molar-refractivity contribution in [3.05, 3.63) is 69.2 Å². The van der Waals surface area contributed by atoms with Gasteiger partial charge in [-0.05, 0) is 49.2 Å². The highest BCUT2D eigenvalue weighted by molar-refractivity contribution is 6.42. The Kier molecular flexibility index (Phi) is 6.05. The molecule has 0 fully saturated rings. The van der Waals surface area contributed by atoms with Gasteiger partial charge in [-0.15, -0.1) is 0 Å². The number of halogens is 2. The van der Waals surface area contributed by atoms with Gasteiger partial charge in [0.2, 0.25) is 0 Å². The maximum atomic E-state index is 12.8. The number of benzene rings is 2. The lowest BCUT2D eigenvalue weighted by molar-refractivity contribution is 0.0690. The molecule has 1 amide bonds. The average Bonchev–Trinajstić information content (AvgIpc) is 2.55. The number of hydrogen-bond donors (Lipinski definition) is 1. The van der Waals surface area contributed by atoms with Crippen LogP contribution < -0.4 is 5.73 Å². The number of carbonyl (C=O) groups excluding carboxylic acids is 1. The lowest BCUT2D eigenvalue weighted by Crippen LogP contribution is -2.36.